The van der Waals surface area contributed by atoms with Crippen LogP contribution in [-0.4, -0.2) is 22.2 Å². The van der Waals surface area contributed by atoms with Crippen LogP contribution in [-0.2, 0) is 4.79 Å². The van der Waals surface area contributed by atoms with Crippen LogP contribution in [0.2, 0.25) is 0 Å². The van der Waals surface area contributed by atoms with Crippen LogP contribution in [0.5, 0.6) is 5.75 Å². The first kappa shape index (κ1) is 15.2. The van der Waals surface area contributed by atoms with Gasteiger partial charge in [0.2, 0.25) is 0 Å². The largest absolute Gasteiger partial charge is 0.481 e. The SMILES string of the molecule is Cc1csc(-c2nnc(NC(=O)[C@@H](C)Oc3ccccc3)o2)c1. The molecule has 1 amide bonds. The minimum Gasteiger partial charge on any atom is -0.481 e. The summed E-state index contributed by atoms with van der Waals surface area (Å²) in [6, 6.07) is 11.1. The molecule has 118 valence electrons. The molecule has 0 saturated heterocycles. The molecule has 1 atom stereocenters. The summed E-state index contributed by atoms with van der Waals surface area (Å²) >= 11 is 1.51. The quantitative estimate of drug-likeness (QED) is 0.775. The van der Waals surface area contributed by atoms with Gasteiger partial charge in [-0.25, -0.2) is 0 Å². The third-order valence-electron chi connectivity index (χ3n) is 3.02. The van der Waals surface area contributed by atoms with E-state index in [-0.39, 0.29) is 11.9 Å². The summed E-state index contributed by atoms with van der Waals surface area (Å²) in [5.74, 6) is 0.650. The fraction of sp³-hybridized carbons (Fsp3) is 0.188. The topological polar surface area (TPSA) is 77.2 Å². The lowest BCUT2D eigenvalue weighted by atomic mass is 10.3. The fourth-order valence-corrected chi connectivity index (χ4v) is 2.70. The third-order valence-corrected chi connectivity index (χ3v) is 4.06. The molecule has 1 N–H and O–H groups in total. The number of aromatic nitrogens is 2. The molecular weight excluding hydrogens is 314 g/mol. The van der Waals surface area contributed by atoms with Gasteiger partial charge in [-0.15, -0.1) is 16.4 Å². The highest BCUT2D eigenvalue weighted by Gasteiger charge is 2.18. The molecule has 6 nitrogen and oxygen atoms in total. The Labute approximate surface area is 137 Å². The van der Waals surface area contributed by atoms with Crippen molar-refractivity contribution in [2.24, 2.45) is 0 Å². The predicted molar refractivity (Wildman–Crippen MR) is 87.5 cm³/mol. The average molecular weight is 329 g/mol. The number of ether oxygens (including phenoxy) is 1. The van der Waals surface area contributed by atoms with Crippen LogP contribution in [0.25, 0.3) is 10.8 Å². The van der Waals surface area contributed by atoms with E-state index in [4.69, 9.17) is 9.15 Å². The first-order valence-corrected chi connectivity index (χ1v) is 7.91. The van der Waals surface area contributed by atoms with Crippen molar-refractivity contribution in [2.45, 2.75) is 20.0 Å². The average Bonchev–Trinajstić information content (AvgIpc) is 3.17. The Balaban J connectivity index is 1.63. The molecule has 2 heterocycles. The molecule has 0 saturated carbocycles. The van der Waals surface area contributed by atoms with Gasteiger partial charge in [0, 0.05) is 0 Å². The molecular formula is C16H15N3O3S. The van der Waals surface area contributed by atoms with Gasteiger partial charge in [-0.2, -0.15) is 0 Å². The zero-order valence-corrected chi connectivity index (χ0v) is 13.5. The molecule has 0 spiro atoms. The van der Waals surface area contributed by atoms with Crippen molar-refractivity contribution >= 4 is 23.3 Å². The molecule has 23 heavy (non-hydrogen) atoms. The Morgan fingerprint density at radius 3 is 2.78 bits per heavy atom. The number of anilines is 1. The van der Waals surface area contributed by atoms with Crippen molar-refractivity contribution < 1.29 is 13.9 Å². The van der Waals surface area contributed by atoms with Crippen molar-refractivity contribution in [3.05, 3.63) is 47.3 Å². The van der Waals surface area contributed by atoms with E-state index in [1.807, 2.05) is 36.6 Å². The van der Waals surface area contributed by atoms with Gasteiger partial charge in [0.05, 0.1) is 4.88 Å². The molecule has 0 unspecified atom stereocenters. The minimum atomic E-state index is -0.684. The van der Waals surface area contributed by atoms with Crippen LogP contribution in [0.1, 0.15) is 12.5 Å². The molecule has 0 bridgehead atoms. The summed E-state index contributed by atoms with van der Waals surface area (Å²) in [7, 11) is 0. The summed E-state index contributed by atoms with van der Waals surface area (Å²) in [6.45, 7) is 3.64. The maximum atomic E-state index is 12.1. The second kappa shape index (κ2) is 6.62. The van der Waals surface area contributed by atoms with Crippen molar-refractivity contribution in [1.82, 2.24) is 10.2 Å². The monoisotopic (exact) mass is 329 g/mol. The van der Waals surface area contributed by atoms with Crippen LogP contribution < -0.4 is 10.1 Å². The molecule has 0 fully saturated rings. The van der Waals surface area contributed by atoms with Crippen molar-refractivity contribution in [2.75, 3.05) is 5.32 Å². The van der Waals surface area contributed by atoms with Gasteiger partial charge in [0.1, 0.15) is 5.75 Å². The number of benzene rings is 1. The zero-order valence-electron chi connectivity index (χ0n) is 12.6. The highest BCUT2D eigenvalue weighted by Crippen LogP contribution is 2.26. The van der Waals surface area contributed by atoms with E-state index in [0.717, 1.165) is 10.4 Å². The van der Waals surface area contributed by atoms with Crippen molar-refractivity contribution in [3.63, 3.8) is 0 Å². The van der Waals surface area contributed by atoms with Crippen LogP contribution in [0.15, 0.2) is 46.2 Å². The van der Waals surface area contributed by atoms with Gasteiger partial charge >= 0.3 is 6.01 Å². The zero-order chi connectivity index (χ0) is 16.2. The molecule has 7 heteroatoms. The number of rotatable bonds is 5. The normalized spacial score (nSPS) is 11.9. The second-order valence-electron chi connectivity index (χ2n) is 4.96. The maximum Gasteiger partial charge on any atom is 0.322 e. The first-order valence-electron chi connectivity index (χ1n) is 7.03. The van der Waals surface area contributed by atoms with Gasteiger partial charge in [-0.05, 0) is 43.0 Å². The summed E-state index contributed by atoms with van der Waals surface area (Å²) in [5, 5.41) is 12.3. The molecule has 0 radical (unpaired) electrons. The van der Waals surface area contributed by atoms with Gasteiger partial charge in [-0.1, -0.05) is 23.3 Å². The molecule has 0 aliphatic carbocycles. The number of para-hydroxylation sites is 1. The fourth-order valence-electron chi connectivity index (χ4n) is 1.88. The Morgan fingerprint density at radius 1 is 1.30 bits per heavy atom. The Hall–Kier alpha value is -2.67. The summed E-state index contributed by atoms with van der Waals surface area (Å²) in [4.78, 5) is 13.0. The number of nitrogens with zero attached hydrogens (tertiary/aromatic N) is 2. The molecule has 0 aliphatic heterocycles. The third kappa shape index (κ3) is 3.75. The smallest absolute Gasteiger partial charge is 0.322 e. The number of thiophene rings is 1. The number of nitrogens with one attached hydrogen (secondary N) is 1. The molecule has 3 rings (SSSR count). The van der Waals surface area contributed by atoms with E-state index in [1.165, 1.54) is 11.3 Å². The number of hydrogen-bond donors (Lipinski definition) is 1. The van der Waals surface area contributed by atoms with E-state index >= 15 is 0 Å². The first-order chi connectivity index (χ1) is 11.1. The van der Waals surface area contributed by atoms with Gasteiger partial charge < -0.3 is 9.15 Å². The Morgan fingerprint density at radius 2 is 2.09 bits per heavy atom. The number of hydrogen-bond acceptors (Lipinski definition) is 6. The highest BCUT2D eigenvalue weighted by atomic mass is 32.1. The minimum absolute atomic E-state index is 0.0552. The van der Waals surface area contributed by atoms with E-state index in [0.29, 0.717) is 11.6 Å². The van der Waals surface area contributed by atoms with E-state index in [2.05, 4.69) is 15.5 Å². The standard InChI is InChI=1S/C16H15N3O3S/c1-10-8-13(23-9-10)15-18-19-16(22-15)17-14(20)11(2)21-12-6-4-3-5-7-12/h3-9,11H,1-2H3,(H,17,19,20)/t11-/m1/s1. The summed E-state index contributed by atoms with van der Waals surface area (Å²) in [5.41, 5.74) is 1.12. The van der Waals surface area contributed by atoms with Crippen LogP contribution in [0, 0.1) is 6.92 Å². The summed E-state index contributed by atoms with van der Waals surface area (Å²) in [6.07, 6.45) is -0.684. The van der Waals surface area contributed by atoms with Crippen molar-refractivity contribution in [3.8, 4) is 16.5 Å². The lowest BCUT2D eigenvalue weighted by Crippen LogP contribution is -2.30. The second-order valence-corrected chi connectivity index (χ2v) is 5.87. The Kier molecular flexibility index (Phi) is 4.38. The van der Waals surface area contributed by atoms with Gasteiger partial charge in [0.25, 0.3) is 11.8 Å². The molecule has 1 aromatic carbocycles. The highest BCUT2D eigenvalue weighted by molar-refractivity contribution is 7.13. The van der Waals surface area contributed by atoms with Crippen LogP contribution >= 0.6 is 11.3 Å². The predicted octanol–water partition coefficient (Wildman–Crippen LogP) is 3.51. The van der Waals surface area contributed by atoms with Gasteiger partial charge in [0.15, 0.2) is 6.10 Å². The van der Waals surface area contributed by atoms with E-state index < -0.39 is 6.10 Å². The molecule has 3 aromatic rings. The van der Waals surface area contributed by atoms with Crippen LogP contribution in [0.3, 0.4) is 0 Å². The number of aryl methyl sites for hydroxylation is 1. The number of carbonyl (C=O) groups excluding carboxylic acids is 1. The lowest BCUT2D eigenvalue weighted by Gasteiger charge is -2.12. The number of amides is 1. The van der Waals surface area contributed by atoms with Gasteiger partial charge in [-0.3, -0.25) is 10.1 Å². The molecule has 2 aromatic heterocycles. The maximum absolute atomic E-state index is 12.1. The van der Waals surface area contributed by atoms with E-state index in [1.54, 1.807) is 19.1 Å². The number of carbonyl (C=O) groups is 1. The summed E-state index contributed by atoms with van der Waals surface area (Å²) < 4.78 is 11.0. The van der Waals surface area contributed by atoms with E-state index in [9.17, 15) is 4.79 Å². The Bertz CT molecular complexity index is 798. The van der Waals surface area contributed by atoms with Crippen LogP contribution in [0.4, 0.5) is 6.01 Å². The molecule has 0 aliphatic rings. The van der Waals surface area contributed by atoms with Crippen molar-refractivity contribution in [1.29, 1.82) is 0 Å². The lowest BCUT2D eigenvalue weighted by molar-refractivity contribution is -0.122.